The van der Waals surface area contributed by atoms with Gasteiger partial charge in [0.1, 0.15) is 6.23 Å². The van der Waals surface area contributed by atoms with Crippen LogP contribution >= 0.6 is 0 Å². The molecule has 0 aromatic heterocycles. The van der Waals surface area contributed by atoms with Gasteiger partial charge in [-0.25, -0.2) is 14.6 Å². The molecule has 1 aliphatic rings. The van der Waals surface area contributed by atoms with E-state index in [4.69, 9.17) is 27.5 Å². The van der Waals surface area contributed by atoms with Crippen molar-refractivity contribution in [2.75, 3.05) is 75.0 Å². The van der Waals surface area contributed by atoms with Crippen molar-refractivity contribution in [1.82, 2.24) is 9.80 Å². The molecule has 1 fully saturated rings. The number of ether oxygens (including phenoxy) is 3. The zero-order valence-corrected chi connectivity index (χ0v) is 27.1. The van der Waals surface area contributed by atoms with Gasteiger partial charge >= 0.3 is 14.9 Å². The van der Waals surface area contributed by atoms with E-state index >= 15 is 0 Å². The van der Waals surface area contributed by atoms with Crippen LogP contribution in [-0.4, -0.2) is 129 Å². The van der Waals surface area contributed by atoms with Crippen LogP contribution in [0.3, 0.4) is 0 Å². The number of carboxylic acid groups (broad SMARTS) is 1. The molecule has 12 nitrogen and oxygen atoms in total. The molecule has 0 bridgehead atoms. The minimum Gasteiger partial charge on any atom is -0.465 e. The summed E-state index contributed by atoms with van der Waals surface area (Å²) in [6.07, 6.45) is 2.92. The first-order valence-electron chi connectivity index (χ1n) is 13.9. The van der Waals surface area contributed by atoms with E-state index in [1.807, 2.05) is 6.92 Å². The van der Waals surface area contributed by atoms with E-state index in [1.54, 1.807) is 41.6 Å². The lowest BCUT2D eigenvalue weighted by Crippen LogP contribution is -2.57. The molecule has 0 aromatic carbocycles. The minimum absolute atomic E-state index is 0.0925. The molecule has 1 N–H and O–H groups in total. The number of rotatable bonds is 20. The third-order valence-electron chi connectivity index (χ3n) is 7.73. The van der Waals surface area contributed by atoms with E-state index in [1.165, 1.54) is 4.90 Å². The molecule has 0 radical (unpaired) electrons. The fraction of sp³-hybridized carbons (Fsp3) is 0.926. The Labute approximate surface area is 241 Å². The molecule has 0 spiro atoms. The van der Waals surface area contributed by atoms with Crippen molar-refractivity contribution < 1.29 is 42.2 Å². The second kappa shape index (κ2) is 17.5. The first kappa shape index (κ1) is 36.6. The summed E-state index contributed by atoms with van der Waals surface area (Å²) in [7, 11) is 5.22. The van der Waals surface area contributed by atoms with Crippen molar-refractivity contribution in [3.05, 3.63) is 0 Å². The largest absolute Gasteiger partial charge is 0.500 e. The van der Waals surface area contributed by atoms with Gasteiger partial charge in [-0.15, -0.1) is 0 Å². The molecule has 1 saturated carbocycles. The standard InChI is InChI=1S/C27H53N3O9Si/c1-22(30(25(32)33)20-27(4)18-23(28-21-31)17-26(2,3)19-27)24(29(11-14-34-5)12-15-35-6)39-13-10-16-40(36-7,37-8)38-9/h22-24H,10-20H2,1-9H3,(H,32,33). The zero-order chi connectivity index (χ0) is 30.4. The number of carbonyl (C=O) groups excluding carboxylic acids is 1. The summed E-state index contributed by atoms with van der Waals surface area (Å²) in [4.78, 5) is 31.4. The molecule has 0 heterocycles. The second-order valence-electron chi connectivity index (χ2n) is 11.8. The fourth-order valence-electron chi connectivity index (χ4n) is 6.20. The number of isocyanates is 1. The highest BCUT2D eigenvalue weighted by atomic mass is 28.4. The topological polar surface area (TPSA) is 129 Å². The Morgan fingerprint density at radius 3 is 2.08 bits per heavy atom. The number of hydrogen-bond acceptors (Lipinski definition) is 10. The SMILES string of the molecule is COCCN(CCOC)C(OCCC[Si](OC)(OC)OC)C(C)N(CC1(C)CC(N=C=O)CC(C)(C)C1)C(=O)O. The van der Waals surface area contributed by atoms with Crippen LogP contribution < -0.4 is 0 Å². The highest BCUT2D eigenvalue weighted by Gasteiger charge is 2.45. The lowest BCUT2D eigenvalue weighted by atomic mass is 9.62. The monoisotopic (exact) mass is 591 g/mol. The van der Waals surface area contributed by atoms with Gasteiger partial charge in [-0.1, -0.05) is 20.8 Å². The van der Waals surface area contributed by atoms with Gasteiger partial charge in [-0.05, 0) is 43.4 Å². The number of carbonyl (C=O) groups is 1. The first-order chi connectivity index (χ1) is 18.8. The van der Waals surface area contributed by atoms with Crippen molar-refractivity contribution in [3.8, 4) is 0 Å². The molecule has 4 atom stereocenters. The maximum atomic E-state index is 12.7. The summed E-state index contributed by atoms with van der Waals surface area (Å²) >= 11 is 0. The highest BCUT2D eigenvalue weighted by molar-refractivity contribution is 6.60. The second-order valence-corrected chi connectivity index (χ2v) is 14.9. The Morgan fingerprint density at radius 2 is 1.60 bits per heavy atom. The maximum Gasteiger partial charge on any atom is 0.500 e. The van der Waals surface area contributed by atoms with Crippen LogP contribution in [0.1, 0.15) is 53.4 Å². The molecule has 1 amide bonds. The summed E-state index contributed by atoms with van der Waals surface area (Å²) in [5.41, 5.74) is -0.473. The number of methoxy groups -OCH3 is 2. The van der Waals surface area contributed by atoms with Crippen LogP contribution in [0.5, 0.6) is 0 Å². The molecule has 1 aliphatic carbocycles. The van der Waals surface area contributed by atoms with Gasteiger partial charge in [-0.2, -0.15) is 0 Å². The Balaban J connectivity index is 3.25. The average Bonchev–Trinajstić information content (AvgIpc) is 2.89. The van der Waals surface area contributed by atoms with Crippen molar-refractivity contribution in [1.29, 1.82) is 0 Å². The van der Waals surface area contributed by atoms with E-state index in [0.29, 0.717) is 51.8 Å². The summed E-state index contributed by atoms with van der Waals surface area (Å²) in [6.45, 7) is 10.8. The number of hydrogen-bond donors (Lipinski definition) is 1. The molecule has 0 saturated heterocycles. The average molecular weight is 592 g/mol. The Kier molecular flexibility index (Phi) is 16.0. The van der Waals surface area contributed by atoms with Gasteiger partial charge in [0.15, 0.2) is 0 Å². The van der Waals surface area contributed by atoms with Crippen molar-refractivity contribution in [2.24, 2.45) is 15.8 Å². The third kappa shape index (κ3) is 11.5. The summed E-state index contributed by atoms with van der Waals surface area (Å²) in [5.74, 6) is 0. The fourth-order valence-corrected chi connectivity index (χ4v) is 7.89. The molecule has 13 heteroatoms. The number of amides is 1. The molecule has 0 aliphatic heterocycles. The number of aliphatic imine (C=N–C) groups is 1. The molecule has 234 valence electrons. The number of nitrogens with zero attached hydrogens (tertiary/aromatic N) is 3. The van der Waals surface area contributed by atoms with E-state index in [-0.39, 0.29) is 23.4 Å². The minimum atomic E-state index is -2.77. The summed E-state index contributed by atoms with van der Waals surface area (Å²) < 4.78 is 33.7. The van der Waals surface area contributed by atoms with Crippen molar-refractivity contribution in [2.45, 2.75) is 77.7 Å². The van der Waals surface area contributed by atoms with E-state index in [2.05, 4.69) is 30.7 Å². The van der Waals surface area contributed by atoms with Crippen LogP contribution in [0.2, 0.25) is 6.04 Å². The molecular formula is C27H53N3O9Si. The lowest BCUT2D eigenvalue weighted by Gasteiger charge is -2.48. The summed E-state index contributed by atoms with van der Waals surface area (Å²) in [6, 6.07) is -0.145. The van der Waals surface area contributed by atoms with E-state index < -0.39 is 27.2 Å². The van der Waals surface area contributed by atoms with Crippen LogP contribution in [0, 0.1) is 10.8 Å². The Bertz CT molecular complexity index is 779. The van der Waals surface area contributed by atoms with Gasteiger partial charge in [0.25, 0.3) is 0 Å². The van der Waals surface area contributed by atoms with Gasteiger partial charge in [-0.3, -0.25) is 4.90 Å². The van der Waals surface area contributed by atoms with Gasteiger partial charge in [0, 0.05) is 67.8 Å². The van der Waals surface area contributed by atoms with Crippen LogP contribution in [0.25, 0.3) is 0 Å². The van der Waals surface area contributed by atoms with Crippen molar-refractivity contribution in [3.63, 3.8) is 0 Å². The van der Waals surface area contributed by atoms with Gasteiger partial charge in [0.2, 0.25) is 6.08 Å². The lowest BCUT2D eigenvalue weighted by molar-refractivity contribution is -0.113. The molecule has 0 aromatic rings. The Morgan fingerprint density at radius 1 is 1.02 bits per heavy atom. The Hall–Kier alpha value is -1.41. The highest BCUT2D eigenvalue weighted by Crippen LogP contribution is 2.47. The normalized spacial score (nSPS) is 22.5. The van der Waals surface area contributed by atoms with Gasteiger partial charge in [0.05, 0.1) is 25.3 Å². The molecule has 1 rings (SSSR count). The molecule has 40 heavy (non-hydrogen) atoms. The van der Waals surface area contributed by atoms with Crippen molar-refractivity contribution >= 4 is 21.0 Å². The first-order valence-corrected chi connectivity index (χ1v) is 15.8. The summed E-state index contributed by atoms with van der Waals surface area (Å²) in [5, 5.41) is 10.4. The van der Waals surface area contributed by atoms with Crippen LogP contribution in [-0.2, 0) is 32.3 Å². The predicted octanol–water partition coefficient (Wildman–Crippen LogP) is 3.48. The van der Waals surface area contributed by atoms with Crippen LogP contribution in [0.4, 0.5) is 4.79 Å². The zero-order valence-electron chi connectivity index (χ0n) is 26.1. The predicted molar refractivity (Wildman–Crippen MR) is 153 cm³/mol. The smallest absolute Gasteiger partial charge is 0.465 e. The van der Waals surface area contributed by atoms with E-state index in [9.17, 15) is 14.7 Å². The molecule has 4 unspecified atom stereocenters. The molecular weight excluding hydrogens is 538 g/mol. The quantitative estimate of drug-likeness (QED) is 0.0739. The third-order valence-corrected chi connectivity index (χ3v) is 10.6. The van der Waals surface area contributed by atoms with Crippen LogP contribution in [0.15, 0.2) is 4.99 Å². The van der Waals surface area contributed by atoms with Gasteiger partial charge < -0.3 is 37.5 Å². The van der Waals surface area contributed by atoms with E-state index in [0.717, 1.165) is 12.8 Å². The maximum absolute atomic E-state index is 12.7.